The fraction of sp³-hybridized carbons (Fsp3) is 0.545. The Hall–Kier alpha value is -1.30. The number of anilines is 2. The number of hydrogen-bond acceptors (Lipinski definition) is 4. The second-order valence-corrected chi connectivity index (χ2v) is 6.22. The second kappa shape index (κ2) is 5.86. The molecule has 6 heteroatoms. The molecule has 1 aromatic heterocycles. The lowest BCUT2D eigenvalue weighted by Crippen LogP contribution is -2.15. The van der Waals surface area contributed by atoms with Crippen LogP contribution in [-0.2, 0) is 10.0 Å². The molecule has 0 aliphatic rings. The van der Waals surface area contributed by atoms with Crippen LogP contribution in [0.4, 0.5) is 11.5 Å². The number of aromatic nitrogens is 1. The first kappa shape index (κ1) is 13.8. The van der Waals surface area contributed by atoms with Crippen molar-refractivity contribution in [2.75, 3.05) is 22.3 Å². The second-order valence-electron chi connectivity index (χ2n) is 4.21. The van der Waals surface area contributed by atoms with Gasteiger partial charge in [-0.1, -0.05) is 13.8 Å². The quantitative estimate of drug-likeness (QED) is 0.816. The van der Waals surface area contributed by atoms with Crippen molar-refractivity contribution in [3.63, 3.8) is 0 Å². The van der Waals surface area contributed by atoms with Crippen molar-refractivity contribution in [3.8, 4) is 0 Å². The summed E-state index contributed by atoms with van der Waals surface area (Å²) in [5.41, 5.74) is 0.488. The lowest BCUT2D eigenvalue weighted by molar-refractivity contribution is 0.602. The summed E-state index contributed by atoms with van der Waals surface area (Å²) < 4.78 is 25.1. The Kier molecular flexibility index (Phi) is 4.74. The SMILES string of the molecule is CCS(=O)(=O)Nc1ccc(NCC(C)C)nc1. The molecule has 0 aliphatic carbocycles. The first-order valence-corrected chi connectivity index (χ1v) is 7.28. The van der Waals surface area contributed by atoms with Gasteiger partial charge in [0.1, 0.15) is 5.82 Å². The highest BCUT2D eigenvalue weighted by atomic mass is 32.2. The molecule has 1 heterocycles. The van der Waals surface area contributed by atoms with E-state index in [4.69, 9.17) is 0 Å². The van der Waals surface area contributed by atoms with Crippen LogP contribution in [0.5, 0.6) is 0 Å². The van der Waals surface area contributed by atoms with Crippen molar-refractivity contribution in [3.05, 3.63) is 18.3 Å². The molecule has 0 fully saturated rings. The van der Waals surface area contributed by atoms with Gasteiger partial charge in [-0.3, -0.25) is 4.72 Å². The summed E-state index contributed by atoms with van der Waals surface area (Å²) in [6, 6.07) is 3.46. The van der Waals surface area contributed by atoms with Gasteiger partial charge in [0.05, 0.1) is 17.6 Å². The summed E-state index contributed by atoms with van der Waals surface area (Å²) in [6.07, 6.45) is 1.51. The van der Waals surface area contributed by atoms with Crippen LogP contribution in [0.1, 0.15) is 20.8 Å². The maximum absolute atomic E-state index is 11.3. The van der Waals surface area contributed by atoms with E-state index in [9.17, 15) is 8.42 Å². The lowest BCUT2D eigenvalue weighted by Gasteiger charge is -2.09. The minimum atomic E-state index is -3.22. The highest BCUT2D eigenvalue weighted by Gasteiger charge is 2.06. The largest absolute Gasteiger partial charge is 0.370 e. The number of nitrogens with one attached hydrogen (secondary N) is 2. The van der Waals surface area contributed by atoms with E-state index in [2.05, 4.69) is 28.9 Å². The van der Waals surface area contributed by atoms with Gasteiger partial charge in [0.2, 0.25) is 10.0 Å². The summed E-state index contributed by atoms with van der Waals surface area (Å²) in [5, 5.41) is 3.16. The molecule has 1 rings (SSSR count). The zero-order valence-electron chi connectivity index (χ0n) is 10.4. The van der Waals surface area contributed by atoms with E-state index in [0.717, 1.165) is 12.4 Å². The van der Waals surface area contributed by atoms with Crippen LogP contribution in [0.2, 0.25) is 0 Å². The van der Waals surface area contributed by atoms with Gasteiger partial charge in [-0.2, -0.15) is 0 Å². The monoisotopic (exact) mass is 257 g/mol. The molecule has 0 aromatic carbocycles. The zero-order valence-corrected chi connectivity index (χ0v) is 11.2. The van der Waals surface area contributed by atoms with Crippen molar-refractivity contribution in [1.82, 2.24) is 4.98 Å². The van der Waals surface area contributed by atoms with Crippen molar-refractivity contribution in [2.24, 2.45) is 5.92 Å². The molecule has 2 N–H and O–H groups in total. The van der Waals surface area contributed by atoms with Crippen LogP contribution in [0.15, 0.2) is 18.3 Å². The predicted molar refractivity (Wildman–Crippen MR) is 70.6 cm³/mol. The number of nitrogens with zero attached hydrogens (tertiary/aromatic N) is 1. The average Bonchev–Trinajstić information content (AvgIpc) is 2.28. The van der Waals surface area contributed by atoms with Crippen molar-refractivity contribution < 1.29 is 8.42 Å². The summed E-state index contributed by atoms with van der Waals surface area (Å²) >= 11 is 0. The van der Waals surface area contributed by atoms with Crippen LogP contribution < -0.4 is 10.0 Å². The highest BCUT2D eigenvalue weighted by molar-refractivity contribution is 7.92. The minimum absolute atomic E-state index is 0.0559. The molecule has 0 unspecified atom stereocenters. The molecule has 17 heavy (non-hydrogen) atoms. The normalized spacial score (nSPS) is 11.5. The molecule has 96 valence electrons. The molecular formula is C11H19N3O2S. The minimum Gasteiger partial charge on any atom is -0.370 e. The van der Waals surface area contributed by atoms with E-state index < -0.39 is 10.0 Å². The fourth-order valence-corrected chi connectivity index (χ4v) is 1.74. The van der Waals surface area contributed by atoms with Crippen molar-refractivity contribution in [1.29, 1.82) is 0 Å². The number of hydrogen-bond donors (Lipinski definition) is 2. The van der Waals surface area contributed by atoms with Gasteiger partial charge in [-0.05, 0) is 25.0 Å². The van der Waals surface area contributed by atoms with Gasteiger partial charge in [-0.15, -0.1) is 0 Å². The van der Waals surface area contributed by atoms with E-state index in [1.165, 1.54) is 6.20 Å². The summed E-state index contributed by atoms with van der Waals surface area (Å²) in [7, 11) is -3.22. The van der Waals surface area contributed by atoms with E-state index in [1.807, 2.05) is 0 Å². The molecule has 0 saturated carbocycles. The van der Waals surface area contributed by atoms with Crippen molar-refractivity contribution >= 4 is 21.5 Å². The Labute approximate surface area is 103 Å². The maximum Gasteiger partial charge on any atom is 0.232 e. The van der Waals surface area contributed by atoms with E-state index >= 15 is 0 Å². The average molecular weight is 257 g/mol. The summed E-state index contributed by atoms with van der Waals surface area (Å²) in [5.74, 6) is 1.34. The molecule has 0 spiro atoms. The molecule has 0 saturated heterocycles. The predicted octanol–water partition coefficient (Wildman–Crippen LogP) is 1.91. The van der Waals surface area contributed by atoms with Crippen LogP contribution in [0.3, 0.4) is 0 Å². The third-order valence-corrected chi connectivity index (χ3v) is 3.42. The molecule has 0 amide bonds. The Morgan fingerprint density at radius 3 is 2.53 bits per heavy atom. The first-order valence-electron chi connectivity index (χ1n) is 5.63. The van der Waals surface area contributed by atoms with Gasteiger partial charge in [-0.25, -0.2) is 13.4 Å². The molecule has 0 bridgehead atoms. The maximum atomic E-state index is 11.3. The first-order chi connectivity index (χ1) is 7.93. The third-order valence-electron chi connectivity index (χ3n) is 2.11. The van der Waals surface area contributed by atoms with Gasteiger partial charge in [0.15, 0.2) is 0 Å². The van der Waals surface area contributed by atoms with Crippen LogP contribution in [0.25, 0.3) is 0 Å². The standard InChI is InChI=1S/C11H19N3O2S/c1-4-17(15,16)14-10-5-6-11(13-8-10)12-7-9(2)3/h5-6,8-9,14H,4,7H2,1-3H3,(H,12,13). The Balaban J connectivity index is 2.62. The Morgan fingerprint density at radius 1 is 1.35 bits per heavy atom. The van der Waals surface area contributed by atoms with E-state index in [0.29, 0.717) is 11.6 Å². The summed E-state index contributed by atoms with van der Waals surface area (Å²) in [6.45, 7) is 6.65. The highest BCUT2D eigenvalue weighted by Crippen LogP contribution is 2.11. The van der Waals surface area contributed by atoms with Crippen LogP contribution >= 0.6 is 0 Å². The van der Waals surface area contributed by atoms with Crippen LogP contribution in [-0.4, -0.2) is 25.7 Å². The number of sulfonamides is 1. The van der Waals surface area contributed by atoms with Gasteiger partial charge in [0.25, 0.3) is 0 Å². The van der Waals surface area contributed by atoms with Gasteiger partial charge < -0.3 is 5.32 Å². The smallest absolute Gasteiger partial charge is 0.232 e. The lowest BCUT2D eigenvalue weighted by atomic mass is 10.2. The molecule has 0 atom stereocenters. The van der Waals surface area contributed by atoms with E-state index in [1.54, 1.807) is 19.1 Å². The number of rotatable bonds is 6. The zero-order chi connectivity index (χ0) is 12.9. The fourth-order valence-electron chi connectivity index (χ4n) is 1.12. The Bertz CT molecular complexity index is 440. The molecular weight excluding hydrogens is 238 g/mol. The molecule has 0 aliphatic heterocycles. The number of pyridine rings is 1. The third kappa shape index (κ3) is 5.04. The van der Waals surface area contributed by atoms with Gasteiger partial charge >= 0.3 is 0 Å². The molecule has 0 radical (unpaired) electrons. The van der Waals surface area contributed by atoms with Gasteiger partial charge in [0, 0.05) is 6.54 Å². The topological polar surface area (TPSA) is 71.1 Å². The van der Waals surface area contributed by atoms with Crippen LogP contribution in [0, 0.1) is 5.92 Å². The molecule has 5 nitrogen and oxygen atoms in total. The molecule has 1 aromatic rings. The van der Waals surface area contributed by atoms with E-state index in [-0.39, 0.29) is 5.75 Å². The van der Waals surface area contributed by atoms with Crippen molar-refractivity contribution in [2.45, 2.75) is 20.8 Å². The summed E-state index contributed by atoms with van der Waals surface area (Å²) in [4.78, 5) is 4.13. The Morgan fingerprint density at radius 2 is 2.06 bits per heavy atom.